The van der Waals surface area contributed by atoms with Crippen LogP contribution in [0.1, 0.15) is 37.2 Å². The van der Waals surface area contributed by atoms with Crippen molar-refractivity contribution in [3.8, 4) is 0 Å². The van der Waals surface area contributed by atoms with Crippen LogP contribution in [0.25, 0.3) is 16.6 Å². The molecule has 0 bridgehead atoms. The van der Waals surface area contributed by atoms with Crippen molar-refractivity contribution in [2.75, 3.05) is 26.2 Å². The second-order valence-corrected chi connectivity index (χ2v) is 8.38. The molecule has 1 saturated heterocycles. The van der Waals surface area contributed by atoms with E-state index in [-0.39, 0.29) is 18.1 Å². The smallest absolute Gasteiger partial charge is 0.220 e. The quantitative estimate of drug-likeness (QED) is 0.678. The van der Waals surface area contributed by atoms with Crippen LogP contribution in [0, 0.1) is 13.8 Å². The highest BCUT2D eigenvalue weighted by atomic mass is 16.5. The number of carbonyl (C=O) groups excluding carboxylic acids is 1. The average molecular weight is 410 g/mol. The molecular weight excluding hydrogens is 378 g/mol. The van der Waals surface area contributed by atoms with Gasteiger partial charge in [-0.15, -0.1) is 0 Å². The monoisotopic (exact) mass is 409 g/mol. The number of nitrogens with one attached hydrogen (secondary N) is 1. The molecule has 7 heteroatoms. The van der Waals surface area contributed by atoms with Crippen molar-refractivity contribution in [1.29, 1.82) is 0 Å². The Kier molecular flexibility index (Phi) is 6.01. The Morgan fingerprint density at radius 1 is 1.20 bits per heavy atom. The number of benzene rings is 1. The molecule has 1 aliphatic rings. The topological polar surface area (TPSA) is 71.8 Å². The molecule has 2 aromatic heterocycles. The van der Waals surface area contributed by atoms with Crippen LogP contribution in [0.4, 0.5) is 0 Å². The first kappa shape index (κ1) is 20.8. The van der Waals surface area contributed by atoms with Gasteiger partial charge in [-0.2, -0.15) is 5.10 Å². The van der Waals surface area contributed by atoms with Crippen LogP contribution < -0.4 is 5.32 Å². The summed E-state index contributed by atoms with van der Waals surface area (Å²) in [6.45, 7) is 11.6. The van der Waals surface area contributed by atoms with Crippen molar-refractivity contribution < 1.29 is 9.53 Å². The molecule has 30 heavy (non-hydrogen) atoms. The van der Waals surface area contributed by atoms with Gasteiger partial charge < -0.3 is 10.1 Å². The summed E-state index contributed by atoms with van der Waals surface area (Å²) in [5, 5.41) is 8.81. The molecule has 0 aliphatic carbocycles. The number of aromatic nitrogens is 3. The maximum atomic E-state index is 12.4. The number of carbonyl (C=O) groups is 1. The number of nitrogens with zero attached hydrogens (tertiary/aromatic N) is 4. The van der Waals surface area contributed by atoms with Crippen molar-refractivity contribution in [2.45, 2.75) is 52.7 Å². The lowest BCUT2D eigenvalue weighted by Crippen LogP contribution is -2.47. The van der Waals surface area contributed by atoms with Crippen molar-refractivity contribution in [2.24, 2.45) is 0 Å². The molecule has 1 aromatic carbocycles. The van der Waals surface area contributed by atoms with Gasteiger partial charge in [0.25, 0.3) is 0 Å². The first-order valence-corrected chi connectivity index (χ1v) is 10.8. The van der Waals surface area contributed by atoms with Gasteiger partial charge in [0.1, 0.15) is 0 Å². The van der Waals surface area contributed by atoms with Gasteiger partial charge in [0.05, 0.1) is 17.7 Å². The van der Waals surface area contributed by atoms with Gasteiger partial charge in [0.15, 0.2) is 5.65 Å². The zero-order valence-electron chi connectivity index (χ0n) is 18.3. The Labute approximate surface area is 177 Å². The van der Waals surface area contributed by atoms with Crippen LogP contribution in [0.2, 0.25) is 0 Å². The summed E-state index contributed by atoms with van der Waals surface area (Å²) in [5.74, 6) is 0.0777. The molecule has 0 radical (unpaired) electrons. The molecule has 160 valence electrons. The SMILES string of the molecule is Cc1nc2c3ccccc3nn2c(C)c1CCC(=O)NCCN1CC(C)OC(C)C1. The fourth-order valence-corrected chi connectivity index (χ4v) is 4.49. The molecule has 3 aromatic rings. The Bertz CT molecular complexity index is 1050. The van der Waals surface area contributed by atoms with Crippen LogP contribution in [0.3, 0.4) is 0 Å². The summed E-state index contributed by atoms with van der Waals surface area (Å²) in [6, 6.07) is 8.04. The van der Waals surface area contributed by atoms with Gasteiger partial charge in [0, 0.05) is 49.4 Å². The van der Waals surface area contributed by atoms with Gasteiger partial charge in [-0.25, -0.2) is 9.50 Å². The minimum absolute atomic E-state index is 0.0777. The molecule has 2 atom stereocenters. The number of rotatable bonds is 6. The summed E-state index contributed by atoms with van der Waals surface area (Å²) in [4.78, 5) is 19.6. The molecule has 2 unspecified atom stereocenters. The molecule has 0 saturated carbocycles. The van der Waals surface area contributed by atoms with E-state index in [1.807, 2.05) is 35.7 Å². The van der Waals surface area contributed by atoms with Crippen molar-refractivity contribution in [3.05, 3.63) is 41.2 Å². The lowest BCUT2D eigenvalue weighted by Gasteiger charge is -2.35. The third kappa shape index (κ3) is 4.32. The number of hydrogen-bond donors (Lipinski definition) is 1. The minimum Gasteiger partial charge on any atom is -0.373 e. The van der Waals surface area contributed by atoms with Gasteiger partial charge in [-0.05, 0) is 51.8 Å². The second kappa shape index (κ2) is 8.70. The Morgan fingerprint density at radius 3 is 2.70 bits per heavy atom. The van der Waals surface area contributed by atoms with E-state index < -0.39 is 0 Å². The summed E-state index contributed by atoms with van der Waals surface area (Å²) in [6.07, 6.45) is 1.60. The van der Waals surface area contributed by atoms with E-state index >= 15 is 0 Å². The number of fused-ring (bicyclic) bond motifs is 3. The summed E-state index contributed by atoms with van der Waals surface area (Å²) in [5.41, 5.74) is 4.94. The molecular formula is C23H31N5O2. The lowest BCUT2D eigenvalue weighted by molar-refractivity contribution is -0.121. The molecule has 7 nitrogen and oxygen atoms in total. The Hall–Kier alpha value is -2.51. The van der Waals surface area contributed by atoms with Crippen molar-refractivity contribution in [1.82, 2.24) is 24.8 Å². The molecule has 4 rings (SSSR count). The van der Waals surface area contributed by atoms with Gasteiger partial charge in [-0.3, -0.25) is 9.69 Å². The van der Waals surface area contributed by atoms with Crippen molar-refractivity contribution in [3.63, 3.8) is 0 Å². The molecule has 1 fully saturated rings. The van der Waals surface area contributed by atoms with E-state index in [2.05, 4.69) is 31.0 Å². The number of morpholine rings is 1. The van der Waals surface area contributed by atoms with E-state index in [1.54, 1.807) is 0 Å². The van der Waals surface area contributed by atoms with Gasteiger partial charge in [-0.1, -0.05) is 12.1 Å². The van der Waals surface area contributed by atoms with Crippen LogP contribution in [-0.2, 0) is 16.0 Å². The number of amides is 1. The van der Waals surface area contributed by atoms with Gasteiger partial charge >= 0.3 is 0 Å². The number of ether oxygens (including phenoxy) is 1. The maximum absolute atomic E-state index is 12.4. The number of hydrogen-bond acceptors (Lipinski definition) is 5. The minimum atomic E-state index is 0.0777. The van der Waals surface area contributed by atoms with E-state index in [0.717, 1.165) is 53.1 Å². The first-order valence-electron chi connectivity index (χ1n) is 10.8. The number of aryl methyl sites for hydroxylation is 2. The molecule has 1 N–H and O–H groups in total. The predicted octanol–water partition coefficient (Wildman–Crippen LogP) is 2.66. The Balaban J connectivity index is 1.36. The summed E-state index contributed by atoms with van der Waals surface area (Å²) >= 11 is 0. The summed E-state index contributed by atoms with van der Waals surface area (Å²) in [7, 11) is 0. The zero-order valence-corrected chi connectivity index (χ0v) is 18.3. The molecule has 3 heterocycles. The van der Waals surface area contributed by atoms with E-state index in [0.29, 0.717) is 19.4 Å². The Morgan fingerprint density at radius 2 is 1.93 bits per heavy atom. The predicted molar refractivity (Wildman–Crippen MR) is 118 cm³/mol. The molecule has 0 spiro atoms. The highest BCUT2D eigenvalue weighted by molar-refractivity contribution is 5.92. The van der Waals surface area contributed by atoms with Crippen molar-refractivity contribution >= 4 is 22.5 Å². The van der Waals surface area contributed by atoms with E-state index in [4.69, 9.17) is 14.8 Å². The van der Waals surface area contributed by atoms with Crippen LogP contribution in [-0.4, -0.2) is 63.8 Å². The van der Waals surface area contributed by atoms with Crippen LogP contribution in [0.5, 0.6) is 0 Å². The van der Waals surface area contributed by atoms with Crippen LogP contribution >= 0.6 is 0 Å². The van der Waals surface area contributed by atoms with E-state index in [1.165, 1.54) is 0 Å². The summed E-state index contributed by atoms with van der Waals surface area (Å²) < 4.78 is 7.67. The van der Waals surface area contributed by atoms with E-state index in [9.17, 15) is 4.79 Å². The first-order chi connectivity index (χ1) is 14.4. The highest BCUT2D eigenvalue weighted by Gasteiger charge is 2.21. The normalized spacial score (nSPS) is 20.1. The lowest BCUT2D eigenvalue weighted by atomic mass is 10.1. The fraction of sp³-hybridized carbons (Fsp3) is 0.522. The zero-order chi connectivity index (χ0) is 21.3. The molecule has 1 aliphatic heterocycles. The van der Waals surface area contributed by atoms with Crippen LogP contribution in [0.15, 0.2) is 24.3 Å². The van der Waals surface area contributed by atoms with Gasteiger partial charge in [0.2, 0.25) is 5.91 Å². The second-order valence-electron chi connectivity index (χ2n) is 8.38. The molecule has 1 amide bonds. The maximum Gasteiger partial charge on any atom is 0.220 e. The third-order valence-electron chi connectivity index (χ3n) is 5.87. The highest BCUT2D eigenvalue weighted by Crippen LogP contribution is 2.22. The third-order valence-corrected chi connectivity index (χ3v) is 5.87. The standard InChI is InChI=1S/C23H31N5O2/c1-15-13-27(14-16(2)30-15)12-11-24-22(29)10-9-19-17(3)25-23-20-7-5-6-8-21(20)26-28(23)18(19)4/h5-8,15-16H,9-14H2,1-4H3,(H,24,29). The average Bonchev–Trinajstić information content (AvgIpc) is 3.06. The fourth-order valence-electron chi connectivity index (χ4n) is 4.49. The largest absolute Gasteiger partial charge is 0.373 e.